The average molecular weight is 270 g/mol. The van der Waals surface area contributed by atoms with E-state index in [2.05, 4.69) is 34.5 Å². The fourth-order valence-corrected chi connectivity index (χ4v) is 4.56. The molecule has 3 aliphatic heterocycles. The number of hydrogen-bond donors (Lipinski definition) is 1. The van der Waals surface area contributed by atoms with E-state index >= 15 is 0 Å². The van der Waals surface area contributed by atoms with Gasteiger partial charge in [-0.3, -0.25) is 0 Å². The molecule has 0 aromatic heterocycles. The second-order valence-corrected chi connectivity index (χ2v) is 6.94. The third-order valence-electron chi connectivity index (χ3n) is 5.78. The largest absolute Gasteiger partial charge is 0.312 e. The maximum Gasteiger partial charge on any atom is 0.0224 e. The minimum absolute atomic E-state index is 0.746. The summed E-state index contributed by atoms with van der Waals surface area (Å²) in [6.07, 6.45) is 6.85. The zero-order valence-electron chi connectivity index (χ0n) is 12.4. The standard InChI is InChI=1S/C18H26N2/c1-2-7-17-14(4-1)5-3-6-16(17)12-19-18-13-20-10-8-15(18)9-11-20/h1-2,4,7,15-16,18-19H,3,5-6,8-13H2/t16-,18+/m1/s1. The summed E-state index contributed by atoms with van der Waals surface area (Å²) in [4.78, 5) is 2.65. The zero-order valence-corrected chi connectivity index (χ0v) is 12.4. The quantitative estimate of drug-likeness (QED) is 0.908. The van der Waals surface area contributed by atoms with Crippen molar-refractivity contribution in [2.45, 2.75) is 44.1 Å². The van der Waals surface area contributed by atoms with Crippen molar-refractivity contribution >= 4 is 0 Å². The summed E-state index contributed by atoms with van der Waals surface area (Å²) in [6, 6.07) is 9.85. The summed E-state index contributed by atoms with van der Waals surface area (Å²) in [5.41, 5.74) is 3.21. The van der Waals surface area contributed by atoms with Crippen molar-refractivity contribution in [3.8, 4) is 0 Å². The van der Waals surface area contributed by atoms with E-state index in [9.17, 15) is 0 Å². The molecule has 2 atom stereocenters. The van der Waals surface area contributed by atoms with Gasteiger partial charge in [-0.25, -0.2) is 0 Å². The molecule has 20 heavy (non-hydrogen) atoms. The Kier molecular flexibility index (Phi) is 3.53. The summed E-state index contributed by atoms with van der Waals surface area (Å²) in [5, 5.41) is 3.92. The van der Waals surface area contributed by atoms with Gasteiger partial charge in [0.05, 0.1) is 0 Å². The monoisotopic (exact) mass is 270 g/mol. The molecule has 0 saturated carbocycles. The molecular weight excluding hydrogens is 244 g/mol. The minimum atomic E-state index is 0.746. The first-order valence-corrected chi connectivity index (χ1v) is 8.44. The van der Waals surface area contributed by atoms with E-state index in [4.69, 9.17) is 0 Å². The lowest BCUT2D eigenvalue weighted by Gasteiger charge is -2.45. The predicted octanol–water partition coefficient (Wildman–Crippen LogP) is 2.79. The Morgan fingerprint density at radius 1 is 1.10 bits per heavy atom. The van der Waals surface area contributed by atoms with E-state index in [1.807, 2.05) is 0 Å². The van der Waals surface area contributed by atoms with Crippen molar-refractivity contribution in [2.24, 2.45) is 5.92 Å². The van der Waals surface area contributed by atoms with E-state index in [-0.39, 0.29) is 0 Å². The average Bonchev–Trinajstić information content (AvgIpc) is 2.54. The Morgan fingerprint density at radius 3 is 2.75 bits per heavy atom. The highest BCUT2D eigenvalue weighted by Gasteiger charge is 2.34. The first kappa shape index (κ1) is 12.8. The highest BCUT2D eigenvalue weighted by atomic mass is 15.2. The highest BCUT2D eigenvalue weighted by molar-refractivity contribution is 5.32. The number of benzene rings is 1. The van der Waals surface area contributed by atoms with Crippen molar-refractivity contribution in [1.82, 2.24) is 10.2 Å². The molecule has 1 aromatic carbocycles. The molecule has 2 nitrogen and oxygen atoms in total. The van der Waals surface area contributed by atoms with Crippen LogP contribution in [0, 0.1) is 5.92 Å². The van der Waals surface area contributed by atoms with E-state index < -0.39 is 0 Å². The van der Waals surface area contributed by atoms with Crippen LogP contribution in [0.4, 0.5) is 0 Å². The molecule has 2 bridgehead atoms. The van der Waals surface area contributed by atoms with E-state index in [0.29, 0.717) is 0 Å². The van der Waals surface area contributed by atoms with Crippen molar-refractivity contribution in [1.29, 1.82) is 0 Å². The predicted molar refractivity (Wildman–Crippen MR) is 83.1 cm³/mol. The molecule has 0 unspecified atom stereocenters. The van der Waals surface area contributed by atoms with Crippen molar-refractivity contribution < 1.29 is 0 Å². The van der Waals surface area contributed by atoms with Gasteiger partial charge in [0.25, 0.3) is 0 Å². The molecule has 0 amide bonds. The summed E-state index contributed by atoms with van der Waals surface area (Å²) >= 11 is 0. The van der Waals surface area contributed by atoms with Crippen LogP contribution in [0.15, 0.2) is 24.3 Å². The van der Waals surface area contributed by atoms with Gasteiger partial charge in [-0.05, 0) is 68.2 Å². The molecule has 0 spiro atoms. The van der Waals surface area contributed by atoms with Crippen LogP contribution in [0.25, 0.3) is 0 Å². The van der Waals surface area contributed by atoms with Gasteiger partial charge < -0.3 is 10.2 Å². The Hall–Kier alpha value is -0.860. The van der Waals surface area contributed by atoms with Crippen LogP contribution in [0.2, 0.25) is 0 Å². The van der Waals surface area contributed by atoms with Gasteiger partial charge in [0.15, 0.2) is 0 Å². The van der Waals surface area contributed by atoms with Gasteiger partial charge in [-0.15, -0.1) is 0 Å². The van der Waals surface area contributed by atoms with E-state index in [1.165, 1.54) is 58.3 Å². The van der Waals surface area contributed by atoms with Gasteiger partial charge >= 0.3 is 0 Å². The summed E-state index contributed by atoms with van der Waals surface area (Å²) in [5.74, 6) is 1.69. The van der Waals surface area contributed by atoms with Crippen LogP contribution in [-0.2, 0) is 6.42 Å². The summed E-state index contributed by atoms with van der Waals surface area (Å²) < 4.78 is 0. The molecule has 4 aliphatic rings. The molecule has 3 heterocycles. The molecule has 3 fully saturated rings. The first-order chi connectivity index (χ1) is 9.90. The third kappa shape index (κ3) is 2.40. The lowest BCUT2D eigenvalue weighted by Crippen LogP contribution is -2.56. The van der Waals surface area contributed by atoms with Crippen molar-refractivity contribution in [2.75, 3.05) is 26.2 Å². The second-order valence-electron chi connectivity index (χ2n) is 6.94. The molecule has 1 N–H and O–H groups in total. The maximum atomic E-state index is 3.92. The van der Waals surface area contributed by atoms with Crippen LogP contribution in [0.5, 0.6) is 0 Å². The Balaban J connectivity index is 1.41. The smallest absolute Gasteiger partial charge is 0.0224 e. The van der Waals surface area contributed by atoms with Crippen LogP contribution in [0.1, 0.15) is 42.7 Å². The third-order valence-corrected chi connectivity index (χ3v) is 5.78. The molecule has 0 radical (unpaired) electrons. The Labute approximate surface area is 122 Å². The number of piperidine rings is 3. The molecule has 1 aromatic rings. The number of hydrogen-bond acceptors (Lipinski definition) is 2. The van der Waals surface area contributed by atoms with Crippen molar-refractivity contribution in [3.05, 3.63) is 35.4 Å². The number of nitrogens with zero attached hydrogens (tertiary/aromatic N) is 1. The first-order valence-electron chi connectivity index (χ1n) is 8.44. The number of rotatable bonds is 3. The Morgan fingerprint density at radius 2 is 1.95 bits per heavy atom. The fraction of sp³-hybridized carbons (Fsp3) is 0.667. The minimum Gasteiger partial charge on any atom is -0.312 e. The SMILES string of the molecule is c1ccc2c(c1)CCC[C@@H]2CN[C@H]1CN2CCC1CC2. The van der Waals surface area contributed by atoms with Gasteiger partial charge in [0, 0.05) is 19.1 Å². The maximum absolute atomic E-state index is 3.92. The second kappa shape index (κ2) is 5.50. The van der Waals surface area contributed by atoms with Gasteiger partial charge in [-0.2, -0.15) is 0 Å². The molecular formula is C18H26N2. The Bertz CT molecular complexity index is 462. The zero-order chi connectivity index (χ0) is 13.4. The number of aryl methyl sites for hydroxylation is 1. The van der Waals surface area contributed by atoms with Gasteiger partial charge in [-0.1, -0.05) is 24.3 Å². The molecule has 108 valence electrons. The van der Waals surface area contributed by atoms with E-state index in [0.717, 1.165) is 17.9 Å². The van der Waals surface area contributed by atoms with Crippen LogP contribution in [-0.4, -0.2) is 37.1 Å². The highest BCUT2D eigenvalue weighted by Crippen LogP contribution is 2.32. The molecule has 5 rings (SSSR count). The van der Waals surface area contributed by atoms with E-state index in [1.54, 1.807) is 11.1 Å². The lowest BCUT2D eigenvalue weighted by atomic mass is 9.81. The van der Waals surface area contributed by atoms with Crippen LogP contribution >= 0.6 is 0 Å². The fourth-order valence-electron chi connectivity index (χ4n) is 4.56. The topological polar surface area (TPSA) is 15.3 Å². The van der Waals surface area contributed by atoms with Gasteiger partial charge in [0.2, 0.25) is 0 Å². The normalized spacial score (nSPS) is 35.8. The number of nitrogens with one attached hydrogen (secondary N) is 1. The molecule has 3 saturated heterocycles. The van der Waals surface area contributed by atoms with Crippen LogP contribution < -0.4 is 5.32 Å². The molecule has 1 aliphatic carbocycles. The lowest BCUT2D eigenvalue weighted by molar-refractivity contribution is 0.0718. The van der Waals surface area contributed by atoms with Crippen molar-refractivity contribution in [3.63, 3.8) is 0 Å². The van der Waals surface area contributed by atoms with Gasteiger partial charge in [0.1, 0.15) is 0 Å². The summed E-state index contributed by atoms with van der Waals surface area (Å²) in [6.45, 7) is 5.16. The molecule has 2 heteroatoms. The van der Waals surface area contributed by atoms with Crippen LogP contribution in [0.3, 0.4) is 0 Å². The number of fused-ring (bicyclic) bond motifs is 4. The summed E-state index contributed by atoms with van der Waals surface area (Å²) in [7, 11) is 0.